The first-order valence-corrected chi connectivity index (χ1v) is 18.7. The molecule has 0 radical (unpaired) electrons. The Morgan fingerprint density at radius 2 is 0.830 bits per heavy atom. The smallest absolute Gasteiger partial charge is 0.0468 e. The molecule has 53 heavy (non-hydrogen) atoms. The predicted octanol–water partition coefficient (Wildman–Crippen LogP) is 14.5. The van der Waals surface area contributed by atoms with E-state index in [1.54, 1.807) is 0 Å². The zero-order valence-electron chi connectivity index (χ0n) is 31.4. The summed E-state index contributed by atoms with van der Waals surface area (Å²) in [7, 11) is 0. The van der Waals surface area contributed by atoms with Gasteiger partial charge in [-0.3, -0.25) is 0 Å². The number of rotatable bonds is 6. The Balaban J connectivity index is 1.26. The largest absolute Gasteiger partial charge is 0.310 e. The maximum absolute atomic E-state index is 2.45. The molecule has 0 bridgehead atoms. The van der Waals surface area contributed by atoms with Crippen LogP contribution in [-0.4, -0.2) is 0 Å². The summed E-state index contributed by atoms with van der Waals surface area (Å²) in [5, 5.41) is 5.18. The van der Waals surface area contributed by atoms with E-state index in [1.807, 2.05) is 0 Å². The fourth-order valence-electron chi connectivity index (χ4n) is 9.00. The Hall–Kier alpha value is -6.12. The minimum absolute atomic E-state index is 0.234. The minimum atomic E-state index is -0.234. The summed E-state index contributed by atoms with van der Waals surface area (Å²) in [5.41, 5.74) is 17.2. The second-order valence-corrected chi connectivity index (χ2v) is 15.4. The Morgan fingerprint density at radius 3 is 1.38 bits per heavy atom. The van der Waals surface area contributed by atoms with Crippen molar-refractivity contribution >= 4 is 55.7 Å². The standard InChI is InChI=1S/C51H44N2/c1-33-25-34(2)28-41(27-33)52(37-15-9-7-10-16-37)39-21-23-45-47(31-39)43-19-13-14-20-44(43)49-46-24-22-40(32-48(46)51(5,6)50(45)49)53(38-17-11-8-12-18-38)42-29-35(3)26-36(4)30-42/h7-32H,1-6H3. The quantitative estimate of drug-likeness (QED) is 0.161. The van der Waals surface area contributed by atoms with E-state index in [2.05, 4.69) is 209 Å². The van der Waals surface area contributed by atoms with Gasteiger partial charge < -0.3 is 9.80 Å². The van der Waals surface area contributed by atoms with Crippen LogP contribution in [0.15, 0.2) is 158 Å². The fourth-order valence-corrected chi connectivity index (χ4v) is 9.00. The monoisotopic (exact) mass is 684 g/mol. The molecule has 0 heterocycles. The summed E-state index contributed by atoms with van der Waals surface area (Å²) in [5.74, 6) is 0. The van der Waals surface area contributed by atoms with Gasteiger partial charge in [0.15, 0.2) is 0 Å². The lowest BCUT2D eigenvalue weighted by molar-refractivity contribution is 0.666. The Morgan fingerprint density at radius 1 is 0.358 bits per heavy atom. The van der Waals surface area contributed by atoms with Crippen LogP contribution >= 0.6 is 0 Å². The molecule has 2 heteroatoms. The van der Waals surface area contributed by atoms with Crippen molar-refractivity contribution in [1.29, 1.82) is 0 Å². The van der Waals surface area contributed by atoms with E-state index in [9.17, 15) is 0 Å². The minimum Gasteiger partial charge on any atom is -0.310 e. The van der Waals surface area contributed by atoms with Crippen LogP contribution in [0.25, 0.3) is 32.7 Å². The van der Waals surface area contributed by atoms with Gasteiger partial charge in [0, 0.05) is 39.5 Å². The van der Waals surface area contributed by atoms with Crippen molar-refractivity contribution < 1.29 is 0 Å². The number of aryl methyl sites for hydroxylation is 4. The van der Waals surface area contributed by atoms with Gasteiger partial charge in [-0.25, -0.2) is 0 Å². The highest BCUT2D eigenvalue weighted by Gasteiger charge is 2.39. The van der Waals surface area contributed by atoms with Crippen molar-refractivity contribution in [2.45, 2.75) is 47.0 Å². The lowest BCUT2D eigenvalue weighted by Gasteiger charge is -2.29. The molecule has 258 valence electrons. The predicted molar refractivity (Wildman–Crippen MR) is 227 cm³/mol. The van der Waals surface area contributed by atoms with E-state index in [0.717, 1.165) is 17.1 Å². The van der Waals surface area contributed by atoms with Crippen LogP contribution < -0.4 is 9.80 Å². The van der Waals surface area contributed by atoms with Crippen molar-refractivity contribution in [3.63, 3.8) is 0 Å². The van der Waals surface area contributed by atoms with Crippen molar-refractivity contribution in [2.24, 2.45) is 0 Å². The van der Waals surface area contributed by atoms with E-state index in [1.165, 1.54) is 83.1 Å². The molecule has 9 rings (SSSR count). The van der Waals surface area contributed by atoms with Crippen LogP contribution in [0.4, 0.5) is 34.1 Å². The highest BCUT2D eigenvalue weighted by atomic mass is 15.1. The zero-order chi connectivity index (χ0) is 36.4. The SMILES string of the molecule is Cc1cc(C)cc(N(c2ccccc2)c2ccc3c(c2)C(C)(C)c2c-3c3ccccc3c3cc(N(c4ccccc4)c4cc(C)cc(C)c4)ccc23)c1. The maximum atomic E-state index is 2.45. The molecular weight excluding hydrogens is 641 g/mol. The normalized spacial score (nSPS) is 12.9. The van der Waals surface area contributed by atoms with Gasteiger partial charge in [0.1, 0.15) is 0 Å². The number of benzene rings is 8. The highest BCUT2D eigenvalue weighted by Crippen LogP contribution is 2.56. The fraction of sp³-hybridized carbons (Fsp3) is 0.137. The second-order valence-electron chi connectivity index (χ2n) is 15.4. The number of fused-ring (bicyclic) bond motifs is 8. The van der Waals surface area contributed by atoms with Crippen LogP contribution in [0.2, 0.25) is 0 Å². The molecule has 0 amide bonds. The van der Waals surface area contributed by atoms with Crippen molar-refractivity contribution in [3.8, 4) is 11.1 Å². The summed E-state index contributed by atoms with van der Waals surface area (Å²) < 4.78 is 0. The Kier molecular flexibility index (Phi) is 7.75. The van der Waals surface area contributed by atoms with Gasteiger partial charge in [-0.05, 0) is 167 Å². The molecule has 0 spiro atoms. The van der Waals surface area contributed by atoms with Crippen LogP contribution in [0.3, 0.4) is 0 Å². The number of para-hydroxylation sites is 2. The highest BCUT2D eigenvalue weighted by molar-refractivity contribution is 6.19. The van der Waals surface area contributed by atoms with Crippen LogP contribution in [0.5, 0.6) is 0 Å². The molecule has 0 saturated carbocycles. The first-order valence-electron chi connectivity index (χ1n) is 18.7. The molecule has 8 aromatic carbocycles. The average molecular weight is 685 g/mol. The molecule has 0 fully saturated rings. The third-order valence-electron chi connectivity index (χ3n) is 11.1. The molecule has 0 unspecified atom stereocenters. The van der Waals surface area contributed by atoms with E-state index in [-0.39, 0.29) is 5.41 Å². The molecule has 0 N–H and O–H groups in total. The van der Waals surface area contributed by atoms with Crippen LogP contribution in [-0.2, 0) is 5.41 Å². The van der Waals surface area contributed by atoms with Gasteiger partial charge in [-0.15, -0.1) is 0 Å². The summed E-state index contributed by atoms with van der Waals surface area (Å²) in [6, 6.07) is 58.5. The van der Waals surface area contributed by atoms with Gasteiger partial charge in [0.25, 0.3) is 0 Å². The summed E-state index contributed by atoms with van der Waals surface area (Å²) >= 11 is 0. The van der Waals surface area contributed by atoms with E-state index in [0.29, 0.717) is 0 Å². The van der Waals surface area contributed by atoms with E-state index < -0.39 is 0 Å². The topological polar surface area (TPSA) is 6.48 Å². The van der Waals surface area contributed by atoms with E-state index >= 15 is 0 Å². The maximum Gasteiger partial charge on any atom is 0.0468 e. The number of hydrogen-bond donors (Lipinski definition) is 0. The first-order chi connectivity index (χ1) is 25.7. The third kappa shape index (κ3) is 5.49. The summed E-state index contributed by atoms with van der Waals surface area (Å²) in [4.78, 5) is 4.81. The number of hydrogen-bond acceptors (Lipinski definition) is 2. The average Bonchev–Trinajstić information content (AvgIpc) is 3.38. The molecule has 0 aliphatic heterocycles. The Bertz CT molecular complexity index is 2650. The lowest BCUT2D eigenvalue weighted by atomic mass is 9.79. The third-order valence-corrected chi connectivity index (χ3v) is 11.1. The Labute approximate surface area is 313 Å². The molecule has 1 aliphatic rings. The molecule has 0 atom stereocenters. The summed E-state index contributed by atoms with van der Waals surface area (Å²) in [6.45, 7) is 13.6. The van der Waals surface area contributed by atoms with Crippen molar-refractivity contribution in [1.82, 2.24) is 0 Å². The van der Waals surface area contributed by atoms with Gasteiger partial charge in [-0.2, -0.15) is 0 Å². The number of nitrogens with zero attached hydrogens (tertiary/aromatic N) is 2. The molecular formula is C51H44N2. The summed E-state index contributed by atoms with van der Waals surface area (Å²) in [6.07, 6.45) is 0. The first kappa shape index (κ1) is 32.8. The van der Waals surface area contributed by atoms with Gasteiger partial charge >= 0.3 is 0 Å². The molecule has 2 nitrogen and oxygen atoms in total. The lowest BCUT2D eigenvalue weighted by Crippen LogP contribution is -2.17. The number of anilines is 6. The molecule has 0 saturated heterocycles. The van der Waals surface area contributed by atoms with Gasteiger partial charge in [0.2, 0.25) is 0 Å². The van der Waals surface area contributed by atoms with E-state index in [4.69, 9.17) is 0 Å². The second kappa shape index (κ2) is 12.5. The van der Waals surface area contributed by atoms with Crippen molar-refractivity contribution in [2.75, 3.05) is 9.80 Å². The van der Waals surface area contributed by atoms with Gasteiger partial charge in [0.05, 0.1) is 0 Å². The molecule has 1 aliphatic carbocycles. The zero-order valence-corrected chi connectivity index (χ0v) is 31.4. The van der Waals surface area contributed by atoms with Gasteiger partial charge in [-0.1, -0.05) is 98.8 Å². The van der Waals surface area contributed by atoms with Crippen molar-refractivity contribution in [3.05, 3.63) is 191 Å². The molecule has 0 aromatic heterocycles. The van der Waals surface area contributed by atoms with Crippen LogP contribution in [0.1, 0.15) is 47.2 Å². The van der Waals surface area contributed by atoms with Crippen LogP contribution in [0, 0.1) is 27.7 Å². The molecule has 8 aromatic rings.